The number of H-pyrrole nitrogens is 1. The van der Waals surface area contributed by atoms with Crippen molar-refractivity contribution in [2.45, 2.75) is 13.5 Å². The molecule has 0 saturated carbocycles. The normalized spacial score (nSPS) is 10.9. The largest absolute Gasteiger partial charge is 0.488 e. The van der Waals surface area contributed by atoms with Gasteiger partial charge in [-0.25, -0.2) is 14.3 Å². The van der Waals surface area contributed by atoms with Crippen molar-refractivity contribution in [2.24, 2.45) is 7.05 Å². The number of rotatable bonds is 4. The first-order valence-electron chi connectivity index (χ1n) is 6.61. The number of ether oxygens (including phenoxy) is 1. The molecule has 3 rings (SSSR count). The fraction of sp³-hybridized carbons (Fsp3) is 0.214. The highest BCUT2D eigenvalue weighted by Gasteiger charge is 2.19. The Balaban J connectivity index is 1.96. The SMILES string of the molecule is Cc1ccccc1OCc1c(F)cn(C)c1-n1nn[nH]c1=O. The number of halogens is 1. The molecule has 0 radical (unpaired) electrons. The van der Waals surface area contributed by atoms with Crippen molar-refractivity contribution in [3.8, 4) is 11.6 Å². The van der Waals surface area contributed by atoms with Gasteiger partial charge in [-0.15, -0.1) is 4.68 Å². The van der Waals surface area contributed by atoms with Gasteiger partial charge in [0.1, 0.15) is 18.2 Å². The molecule has 0 aliphatic rings. The second-order valence-electron chi connectivity index (χ2n) is 4.86. The van der Waals surface area contributed by atoms with E-state index in [9.17, 15) is 9.18 Å². The minimum Gasteiger partial charge on any atom is -0.488 e. The van der Waals surface area contributed by atoms with Gasteiger partial charge in [-0.2, -0.15) is 0 Å². The van der Waals surface area contributed by atoms with E-state index in [1.54, 1.807) is 13.1 Å². The van der Waals surface area contributed by atoms with Crippen molar-refractivity contribution in [3.05, 3.63) is 57.9 Å². The molecule has 114 valence electrons. The first kappa shape index (κ1) is 14.1. The van der Waals surface area contributed by atoms with Crippen LogP contribution in [0.5, 0.6) is 5.75 Å². The first-order valence-corrected chi connectivity index (χ1v) is 6.61. The van der Waals surface area contributed by atoms with Crippen molar-refractivity contribution in [2.75, 3.05) is 0 Å². The molecule has 1 aromatic carbocycles. The van der Waals surface area contributed by atoms with Gasteiger partial charge in [0.2, 0.25) is 0 Å². The molecule has 2 heterocycles. The molecule has 0 spiro atoms. The van der Waals surface area contributed by atoms with Crippen LogP contribution >= 0.6 is 0 Å². The van der Waals surface area contributed by atoms with Gasteiger partial charge in [-0.3, -0.25) is 0 Å². The summed E-state index contributed by atoms with van der Waals surface area (Å²) in [6.07, 6.45) is 1.27. The third-order valence-electron chi connectivity index (χ3n) is 3.34. The predicted molar refractivity (Wildman–Crippen MR) is 76.4 cm³/mol. The maximum atomic E-state index is 14.1. The predicted octanol–water partition coefficient (Wildman–Crippen LogP) is 1.32. The lowest BCUT2D eigenvalue weighted by molar-refractivity contribution is 0.297. The Hall–Kier alpha value is -2.90. The summed E-state index contributed by atoms with van der Waals surface area (Å²) in [7, 11) is 1.62. The molecule has 0 aliphatic carbocycles. The summed E-state index contributed by atoms with van der Waals surface area (Å²) in [5.74, 6) is 0.468. The quantitative estimate of drug-likeness (QED) is 0.788. The number of hydrogen-bond donors (Lipinski definition) is 1. The van der Waals surface area contributed by atoms with Gasteiger partial charge in [0.25, 0.3) is 0 Å². The highest BCUT2D eigenvalue weighted by Crippen LogP contribution is 2.22. The fourth-order valence-corrected chi connectivity index (χ4v) is 2.24. The standard InChI is InChI=1S/C14H14FN5O2/c1-9-5-3-4-6-12(9)22-8-10-11(15)7-19(2)13(10)20-14(21)16-17-18-20/h3-7H,8H2,1-2H3,(H,16,18,21). The van der Waals surface area contributed by atoms with Crippen LogP contribution in [-0.2, 0) is 13.7 Å². The Morgan fingerprint density at radius 2 is 2.14 bits per heavy atom. The zero-order valence-corrected chi connectivity index (χ0v) is 12.1. The molecule has 0 atom stereocenters. The molecule has 3 aromatic rings. The van der Waals surface area contributed by atoms with Gasteiger partial charge in [0.15, 0.2) is 5.82 Å². The van der Waals surface area contributed by atoms with E-state index in [2.05, 4.69) is 15.5 Å². The van der Waals surface area contributed by atoms with Crippen molar-refractivity contribution in [1.29, 1.82) is 0 Å². The van der Waals surface area contributed by atoms with Crippen LogP contribution in [0.1, 0.15) is 11.1 Å². The number of nitrogens with one attached hydrogen (secondary N) is 1. The fourth-order valence-electron chi connectivity index (χ4n) is 2.24. The number of aromatic amines is 1. The lowest BCUT2D eigenvalue weighted by Crippen LogP contribution is -2.20. The molecule has 22 heavy (non-hydrogen) atoms. The van der Waals surface area contributed by atoms with Crippen LogP contribution in [0, 0.1) is 12.7 Å². The number of hydrogen-bond acceptors (Lipinski definition) is 4. The lowest BCUT2D eigenvalue weighted by atomic mass is 10.2. The molecule has 8 heteroatoms. The Morgan fingerprint density at radius 1 is 1.36 bits per heavy atom. The van der Waals surface area contributed by atoms with Gasteiger partial charge in [0, 0.05) is 13.2 Å². The highest BCUT2D eigenvalue weighted by molar-refractivity contribution is 5.37. The molecule has 1 N–H and O–H groups in total. The molecule has 0 bridgehead atoms. The van der Waals surface area contributed by atoms with E-state index in [0.717, 1.165) is 10.2 Å². The molecule has 0 unspecified atom stereocenters. The van der Waals surface area contributed by atoms with Gasteiger partial charge >= 0.3 is 5.69 Å². The van der Waals surface area contributed by atoms with Gasteiger partial charge in [0.05, 0.1) is 5.56 Å². The third kappa shape index (κ3) is 2.39. The van der Waals surface area contributed by atoms with Crippen LogP contribution in [0.3, 0.4) is 0 Å². The molecule has 0 saturated heterocycles. The number of benzene rings is 1. The number of para-hydroxylation sites is 1. The number of tetrazole rings is 1. The topological polar surface area (TPSA) is 77.7 Å². The van der Waals surface area contributed by atoms with Crippen LogP contribution in [0.4, 0.5) is 4.39 Å². The zero-order chi connectivity index (χ0) is 15.7. The Morgan fingerprint density at radius 3 is 2.82 bits per heavy atom. The van der Waals surface area contributed by atoms with E-state index in [-0.39, 0.29) is 18.0 Å². The first-order chi connectivity index (χ1) is 10.6. The smallest absolute Gasteiger partial charge is 0.367 e. The van der Waals surface area contributed by atoms with Crippen molar-refractivity contribution in [3.63, 3.8) is 0 Å². The molecule has 7 nitrogen and oxygen atoms in total. The Bertz CT molecular complexity index is 864. The Labute approximate surface area is 124 Å². The third-order valence-corrected chi connectivity index (χ3v) is 3.34. The van der Waals surface area contributed by atoms with Gasteiger partial charge < -0.3 is 9.30 Å². The lowest BCUT2D eigenvalue weighted by Gasteiger charge is -2.10. The average Bonchev–Trinajstić information content (AvgIpc) is 3.01. The second kappa shape index (κ2) is 5.47. The summed E-state index contributed by atoms with van der Waals surface area (Å²) >= 11 is 0. The van der Waals surface area contributed by atoms with E-state index in [0.29, 0.717) is 5.75 Å². The van der Waals surface area contributed by atoms with E-state index < -0.39 is 11.5 Å². The zero-order valence-electron chi connectivity index (χ0n) is 12.1. The minimum atomic E-state index is -0.543. The van der Waals surface area contributed by atoms with Gasteiger partial charge in [-0.05, 0) is 29.0 Å². The van der Waals surface area contributed by atoms with Crippen LogP contribution in [0.2, 0.25) is 0 Å². The second-order valence-corrected chi connectivity index (χ2v) is 4.86. The van der Waals surface area contributed by atoms with Crippen LogP contribution in [0.15, 0.2) is 35.3 Å². The molecular weight excluding hydrogens is 289 g/mol. The van der Waals surface area contributed by atoms with Crippen LogP contribution < -0.4 is 10.4 Å². The average molecular weight is 303 g/mol. The summed E-state index contributed by atoms with van der Waals surface area (Å²) < 4.78 is 22.3. The summed E-state index contributed by atoms with van der Waals surface area (Å²) in [6.45, 7) is 1.88. The van der Waals surface area contributed by atoms with Crippen LogP contribution in [0.25, 0.3) is 5.82 Å². The number of aryl methyl sites for hydroxylation is 2. The number of aromatic nitrogens is 5. The van der Waals surface area contributed by atoms with Crippen molar-refractivity contribution in [1.82, 2.24) is 24.8 Å². The van der Waals surface area contributed by atoms with E-state index in [4.69, 9.17) is 4.74 Å². The summed E-state index contributed by atoms with van der Waals surface area (Å²) in [4.78, 5) is 11.7. The van der Waals surface area contributed by atoms with Crippen LogP contribution in [-0.4, -0.2) is 24.8 Å². The molecule has 0 fully saturated rings. The molecular formula is C14H14FN5O2. The minimum absolute atomic E-state index is 0.0217. The molecule has 0 amide bonds. The molecule has 0 aliphatic heterocycles. The monoisotopic (exact) mass is 303 g/mol. The van der Waals surface area contributed by atoms with Crippen molar-refractivity contribution >= 4 is 0 Å². The molecule has 2 aromatic heterocycles. The van der Waals surface area contributed by atoms with E-state index in [1.165, 1.54) is 10.8 Å². The van der Waals surface area contributed by atoms with Gasteiger partial charge in [-0.1, -0.05) is 18.2 Å². The summed E-state index contributed by atoms with van der Waals surface area (Å²) in [5, 5.41) is 9.25. The number of nitrogens with zero attached hydrogens (tertiary/aromatic N) is 4. The van der Waals surface area contributed by atoms with Crippen molar-refractivity contribution < 1.29 is 9.13 Å². The Kier molecular flexibility index (Phi) is 3.50. The van der Waals surface area contributed by atoms with E-state index >= 15 is 0 Å². The maximum Gasteiger partial charge on any atom is 0.367 e. The maximum absolute atomic E-state index is 14.1. The van der Waals surface area contributed by atoms with E-state index in [1.807, 2.05) is 25.1 Å². The summed E-state index contributed by atoms with van der Waals surface area (Å²) in [6, 6.07) is 7.44. The highest BCUT2D eigenvalue weighted by atomic mass is 19.1. The summed E-state index contributed by atoms with van der Waals surface area (Å²) in [5.41, 5.74) is 0.638.